The van der Waals surface area contributed by atoms with Crippen LogP contribution in [0.5, 0.6) is 5.75 Å². The van der Waals surface area contributed by atoms with Crippen LogP contribution in [0.2, 0.25) is 0 Å². The summed E-state index contributed by atoms with van der Waals surface area (Å²) < 4.78 is 10.9. The Kier molecular flexibility index (Phi) is 9.87. The molecule has 130 valence electrons. The number of ether oxygens (including phenoxy) is 2. The molecule has 1 aromatic carbocycles. The number of nitrogens with one attached hydrogen (secondary N) is 1. The maximum Gasteiger partial charge on any atom is 0.241 e. The molecule has 1 N–H and O–H groups in total. The fourth-order valence-electron chi connectivity index (χ4n) is 2.25. The van der Waals surface area contributed by atoms with Crippen molar-refractivity contribution in [1.82, 2.24) is 4.90 Å². The zero-order valence-electron chi connectivity index (χ0n) is 14.6. The van der Waals surface area contributed by atoms with Crippen molar-refractivity contribution < 1.29 is 14.3 Å². The van der Waals surface area contributed by atoms with Crippen LogP contribution in [0.1, 0.15) is 33.6 Å². The second kappa shape index (κ2) is 11.8. The van der Waals surface area contributed by atoms with E-state index in [-0.39, 0.29) is 5.91 Å². The van der Waals surface area contributed by atoms with Crippen LogP contribution in [0.3, 0.4) is 0 Å². The average Bonchev–Trinajstić information content (AvgIpc) is 2.57. The van der Waals surface area contributed by atoms with Gasteiger partial charge in [0.15, 0.2) is 0 Å². The monoisotopic (exact) mass is 322 g/mol. The van der Waals surface area contributed by atoms with Crippen molar-refractivity contribution in [2.45, 2.75) is 33.6 Å². The van der Waals surface area contributed by atoms with E-state index in [2.05, 4.69) is 19.2 Å². The summed E-state index contributed by atoms with van der Waals surface area (Å²) in [6.07, 6.45) is 1.96. The van der Waals surface area contributed by atoms with Crippen LogP contribution in [0.25, 0.3) is 0 Å². The minimum absolute atomic E-state index is 0.136. The number of benzene rings is 1. The number of hydrogen-bond acceptors (Lipinski definition) is 4. The lowest BCUT2D eigenvalue weighted by molar-refractivity contribution is -0.129. The SMILES string of the molecule is CCCN(CCC)C(=O)CNc1cccc(OCCOCC)c1. The molecule has 0 spiro atoms. The van der Waals surface area contributed by atoms with Crippen LogP contribution in [0.15, 0.2) is 24.3 Å². The molecule has 5 heteroatoms. The molecule has 5 nitrogen and oxygen atoms in total. The molecule has 0 radical (unpaired) electrons. The van der Waals surface area contributed by atoms with Crippen molar-refractivity contribution in [3.8, 4) is 5.75 Å². The van der Waals surface area contributed by atoms with Gasteiger partial charge in [0.05, 0.1) is 13.2 Å². The van der Waals surface area contributed by atoms with Gasteiger partial charge in [-0.3, -0.25) is 4.79 Å². The Hall–Kier alpha value is -1.75. The molecule has 0 saturated heterocycles. The lowest BCUT2D eigenvalue weighted by Crippen LogP contribution is -2.36. The molecule has 0 bridgehead atoms. The summed E-state index contributed by atoms with van der Waals surface area (Å²) in [5.41, 5.74) is 0.889. The molecule has 0 aromatic heterocycles. The van der Waals surface area contributed by atoms with Crippen molar-refractivity contribution in [3.63, 3.8) is 0 Å². The first-order valence-electron chi connectivity index (χ1n) is 8.53. The predicted octanol–water partition coefficient (Wildman–Crippen LogP) is 3.16. The van der Waals surface area contributed by atoms with Gasteiger partial charge in [-0.2, -0.15) is 0 Å². The van der Waals surface area contributed by atoms with Gasteiger partial charge in [-0.15, -0.1) is 0 Å². The molecule has 0 heterocycles. The van der Waals surface area contributed by atoms with E-state index in [0.29, 0.717) is 26.4 Å². The van der Waals surface area contributed by atoms with E-state index in [0.717, 1.165) is 37.4 Å². The highest BCUT2D eigenvalue weighted by Gasteiger charge is 2.11. The highest BCUT2D eigenvalue weighted by Crippen LogP contribution is 2.17. The Morgan fingerprint density at radius 2 is 1.87 bits per heavy atom. The van der Waals surface area contributed by atoms with Gasteiger partial charge in [0, 0.05) is 31.5 Å². The standard InChI is InChI=1S/C18H30N2O3/c1-4-10-20(11-5-2)18(21)15-19-16-8-7-9-17(14-16)23-13-12-22-6-3/h7-9,14,19H,4-6,10-13,15H2,1-3H3. The van der Waals surface area contributed by atoms with Crippen LogP contribution < -0.4 is 10.1 Å². The van der Waals surface area contributed by atoms with Gasteiger partial charge in [0.25, 0.3) is 0 Å². The number of amides is 1. The van der Waals surface area contributed by atoms with Gasteiger partial charge < -0.3 is 19.7 Å². The van der Waals surface area contributed by atoms with Crippen molar-refractivity contribution in [2.75, 3.05) is 44.8 Å². The normalized spacial score (nSPS) is 10.4. The Morgan fingerprint density at radius 1 is 1.13 bits per heavy atom. The van der Waals surface area contributed by atoms with Crippen LogP contribution >= 0.6 is 0 Å². The summed E-state index contributed by atoms with van der Waals surface area (Å²) in [4.78, 5) is 14.2. The lowest BCUT2D eigenvalue weighted by atomic mass is 10.3. The number of carbonyl (C=O) groups is 1. The summed E-state index contributed by atoms with van der Waals surface area (Å²) in [6.45, 7) is 9.87. The van der Waals surface area contributed by atoms with Crippen molar-refractivity contribution >= 4 is 11.6 Å². The topological polar surface area (TPSA) is 50.8 Å². The summed E-state index contributed by atoms with van der Waals surface area (Å²) in [5.74, 6) is 0.914. The van der Waals surface area contributed by atoms with Crippen molar-refractivity contribution in [2.24, 2.45) is 0 Å². The lowest BCUT2D eigenvalue weighted by Gasteiger charge is -2.22. The summed E-state index contributed by atoms with van der Waals surface area (Å²) in [5, 5.41) is 3.18. The van der Waals surface area contributed by atoms with Gasteiger partial charge in [0.2, 0.25) is 5.91 Å². The molecule has 23 heavy (non-hydrogen) atoms. The maximum absolute atomic E-state index is 12.2. The summed E-state index contributed by atoms with van der Waals surface area (Å²) >= 11 is 0. The van der Waals surface area contributed by atoms with Crippen LogP contribution in [0.4, 0.5) is 5.69 Å². The molecule has 0 aliphatic heterocycles. The first-order valence-corrected chi connectivity index (χ1v) is 8.53. The Balaban J connectivity index is 2.45. The maximum atomic E-state index is 12.2. The molecular formula is C18H30N2O3. The number of hydrogen-bond donors (Lipinski definition) is 1. The first kappa shape index (κ1) is 19.3. The predicted molar refractivity (Wildman–Crippen MR) is 94.1 cm³/mol. The fraction of sp³-hybridized carbons (Fsp3) is 0.611. The van der Waals surface area contributed by atoms with Gasteiger partial charge >= 0.3 is 0 Å². The molecule has 0 aliphatic rings. The fourth-order valence-corrected chi connectivity index (χ4v) is 2.25. The van der Waals surface area contributed by atoms with E-state index < -0.39 is 0 Å². The van der Waals surface area contributed by atoms with Crippen molar-refractivity contribution in [1.29, 1.82) is 0 Å². The smallest absolute Gasteiger partial charge is 0.241 e. The van der Waals surface area contributed by atoms with E-state index in [9.17, 15) is 4.79 Å². The van der Waals surface area contributed by atoms with E-state index in [1.807, 2.05) is 36.1 Å². The zero-order chi connectivity index (χ0) is 16.9. The molecule has 1 amide bonds. The molecule has 0 aliphatic carbocycles. The summed E-state index contributed by atoms with van der Waals surface area (Å²) in [6, 6.07) is 7.66. The van der Waals surface area contributed by atoms with Gasteiger partial charge in [-0.1, -0.05) is 19.9 Å². The highest BCUT2D eigenvalue weighted by molar-refractivity contribution is 5.80. The molecule has 0 unspecified atom stereocenters. The number of anilines is 1. The molecule has 0 fully saturated rings. The van der Waals surface area contributed by atoms with E-state index in [1.54, 1.807) is 0 Å². The largest absolute Gasteiger partial charge is 0.491 e. The number of rotatable bonds is 12. The Bertz CT molecular complexity index is 446. The Labute approximate surface area is 140 Å². The molecule has 1 rings (SSSR count). The third-order valence-electron chi connectivity index (χ3n) is 3.32. The van der Waals surface area contributed by atoms with E-state index >= 15 is 0 Å². The van der Waals surface area contributed by atoms with Gasteiger partial charge in [-0.25, -0.2) is 0 Å². The second-order valence-electron chi connectivity index (χ2n) is 5.31. The quantitative estimate of drug-likeness (QED) is 0.601. The number of nitrogens with zero attached hydrogens (tertiary/aromatic N) is 1. The first-order chi connectivity index (χ1) is 11.2. The average molecular weight is 322 g/mol. The zero-order valence-corrected chi connectivity index (χ0v) is 14.6. The van der Waals surface area contributed by atoms with Crippen LogP contribution in [-0.2, 0) is 9.53 Å². The van der Waals surface area contributed by atoms with Crippen LogP contribution in [0, 0.1) is 0 Å². The molecular weight excluding hydrogens is 292 g/mol. The third kappa shape index (κ3) is 7.88. The molecule has 1 aromatic rings. The van der Waals surface area contributed by atoms with E-state index in [1.165, 1.54) is 0 Å². The third-order valence-corrected chi connectivity index (χ3v) is 3.32. The molecule has 0 atom stereocenters. The minimum atomic E-state index is 0.136. The highest BCUT2D eigenvalue weighted by atomic mass is 16.5. The molecule has 0 saturated carbocycles. The van der Waals surface area contributed by atoms with E-state index in [4.69, 9.17) is 9.47 Å². The van der Waals surface area contributed by atoms with Crippen LogP contribution in [-0.4, -0.2) is 50.3 Å². The van der Waals surface area contributed by atoms with Gasteiger partial charge in [0.1, 0.15) is 12.4 Å². The number of carbonyl (C=O) groups excluding carboxylic acids is 1. The van der Waals surface area contributed by atoms with Crippen molar-refractivity contribution in [3.05, 3.63) is 24.3 Å². The van der Waals surface area contributed by atoms with Gasteiger partial charge in [-0.05, 0) is 31.9 Å². The minimum Gasteiger partial charge on any atom is -0.491 e. The summed E-state index contributed by atoms with van der Waals surface area (Å²) in [7, 11) is 0. The Morgan fingerprint density at radius 3 is 2.52 bits per heavy atom. The second-order valence-corrected chi connectivity index (χ2v) is 5.31.